The number of nitrogens with one attached hydrogen (secondary N) is 2. The van der Waals surface area contributed by atoms with Gasteiger partial charge in [0.25, 0.3) is 5.91 Å². The molecule has 4 aromatic rings. The zero-order chi connectivity index (χ0) is 23.8. The van der Waals surface area contributed by atoms with Crippen molar-refractivity contribution in [1.82, 2.24) is 10.4 Å². The fraction of sp³-hybridized carbons (Fsp3) is 0.0741. The van der Waals surface area contributed by atoms with Crippen LogP contribution in [0.5, 0.6) is 5.75 Å². The van der Waals surface area contributed by atoms with Crippen molar-refractivity contribution in [3.63, 3.8) is 0 Å². The molecule has 1 aromatic heterocycles. The van der Waals surface area contributed by atoms with Gasteiger partial charge in [-0.15, -0.1) is 11.3 Å². The van der Waals surface area contributed by atoms with Crippen LogP contribution in [0.3, 0.4) is 0 Å². The maximum atomic E-state index is 12.4. The number of nitrogens with zero attached hydrogens (tertiary/aromatic N) is 2. The van der Waals surface area contributed by atoms with E-state index in [2.05, 4.69) is 46.5 Å². The van der Waals surface area contributed by atoms with Gasteiger partial charge in [-0.3, -0.25) is 4.79 Å². The van der Waals surface area contributed by atoms with E-state index >= 15 is 0 Å². The lowest BCUT2D eigenvalue weighted by molar-refractivity contribution is 0.0955. The lowest BCUT2D eigenvalue weighted by atomic mass is 10.1. The van der Waals surface area contributed by atoms with E-state index in [0.29, 0.717) is 12.2 Å². The highest BCUT2D eigenvalue weighted by Crippen LogP contribution is 2.27. The van der Waals surface area contributed by atoms with Crippen LogP contribution in [0, 0.1) is 6.92 Å². The Balaban J connectivity index is 1.32. The summed E-state index contributed by atoms with van der Waals surface area (Å²) in [6.07, 6.45) is 3.27. The summed E-state index contributed by atoms with van der Waals surface area (Å²) in [5.41, 5.74) is 7.91. The Kier molecular flexibility index (Phi) is 7.47. The van der Waals surface area contributed by atoms with Crippen LogP contribution in [-0.4, -0.2) is 23.7 Å². The van der Waals surface area contributed by atoms with Gasteiger partial charge >= 0.3 is 0 Å². The summed E-state index contributed by atoms with van der Waals surface area (Å²) in [6, 6.07) is 22.9. The number of aryl methyl sites for hydroxylation is 1. The van der Waals surface area contributed by atoms with Gasteiger partial charge < -0.3 is 10.1 Å². The van der Waals surface area contributed by atoms with Gasteiger partial charge in [0.05, 0.1) is 11.9 Å². The number of amides is 1. The third kappa shape index (κ3) is 6.17. The molecule has 0 atom stereocenters. The Morgan fingerprint density at radius 1 is 1.06 bits per heavy atom. The molecule has 0 radical (unpaired) electrons. The summed E-state index contributed by atoms with van der Waals surface area (Å²) >= 11 is 1.53. The minimum Gasteiger partial charge on any atom is -0.490 e. The fourth-order valence-corrected chi connectivity index (χ4v) is 3.79. The zero-order valence-electron chi connectivity index (χ0n) is 18.7. The average Bonchev–Trinajstić information content (AvgIpc) is 3.33. The largest absolute Gasteiger partial charge is 0.490 e. The van der Waals surface area contributed by atoms with Crippen molar-refractivity contribution in [3.8, 4) is 17.0 Å². The van der Waals surface area contributed by atoms with Crippen molar-refractivity contribution in [1.29, 1.82) is 0 Å². The van der Waals surface area contributed by atoms with Gasteiger partial charge in [-0.1, -0.05) is 42.5 Å². The number of rotatable bonds is 9. The van der Waals surface area contributed by atoms with Crippen LogP contribution < -0.4 is 15.5 Å². The van der Waals surface area contributed by atoms with Crippen molar-refractivity contribution in [3.05, 3.63) is 108 Å². The predicted octanol–water partition coefficient (Wildman–Crippen LogP) is 6.19. The van der Waals surface area contributed by atoms with E-state index in [-0.39, 0.29) is 5.91 Å². The third-order valence-electron chi connectivity index (χ3n) is 4.88. The van der Waals surface area contributed by atoms with Crippen LogP contribution in [0.15, 0.2) is 95.9 Å². The maximum absolute atomic E-state index is 12.4. The molecule has 0 unspecified atom stereocenters. The predicted molar refractivity (Wildman–Crippen MR) is 139 cm³/mol. The second-order valence-electron chi connectivity index (χ2n) is 7.47. The molecule has 0 aliphatic heterocycles. The summed E-state index contributed by atoms with van der Waals surface area (Å²) in [7, 11) is 0. The molecule has 1 heterocycles. The first-order valence-corrected chi connectivity index (χ1v) is 11.6. The van der Waals surface area contributed by atoms with Gasteiger partial charge in [0, 0.05) is 22.2 Å². The first-order valence-electron chi connectivity index (χ1n) is 10.7. The highest BCUT2D eigenvalue weighted by molar-refractivity contribution is 7.14. The van der Waals surface area contributed by atoms with Crippen molar-refractivity contribution in [2.75, 3.05) is 11.9 Å². The van der Waals surface area contributed by atoms with E-state index in [9.17, 15) is 4.79 Å². The molecule has 170 valence electrons. The second-order valence-corrected chi connectivity index (χ2v) is 8.33. The van der Waals surface area contributed by atoms with Gasteiger partial charge in [-0.2, -0.15) is 5.10 Å². The van der Waals surface area contributed by atoms with Gasteiger partial charge in [0.1, 0.15) is 12.4 Å². The standard InChI is InChI=1S/C27H24N4O2S/c1-3-16-33-24-14-6-20(7-15-24)17-28-31-26(32)22-10-8-21(9-11-22)25-18-34-27(30-25)29-23-12-4-19(2)5-13-23/h3-15,17-18H,1,16H2,2H3,(H,29,30)(H,31,32)/b28-17-. The number of carbonyl (C=O) groups is 1. The Bertz CT molecular complexity index is 1280. The molecule has 34 heavy (non-hydrogen) atoms. The van der Waals surface area contributed by atoms with E-state index in [1.807, 2.05) is 53.9 Å². The molecule has 0 saturated carbocycles. The quantitative estimate of drug-likeness (QED) is 0.174. The smallest absolute Gasteiger partial charge is 0.271 e. The fourth-order valence-electron chi connectivity index (χ4n) is 3.05. The molecule has 0 spiro atoms. The lowest BCUT2D eigenvalue weighted by Crippen LogP contribution is -2.17. The van der Waals surface area contributed by atoms with E-state index in [0.717, 1.165) is 33.4 Å². The molecule has 0 aliphatic carbocycles. The Morgan fingerprint density at radius 2 is 1.79 bits per heavy atom. The van der Waals surface area contributed by atoms with Crippen LogP contribution in [0.2, 0.25) is 0 Å². The first kappa shape index (κ1) is 22.9. The summed E-state index contributed by atoms with van der Waals surface area (Å²) < 4.78 is 5.44. The van der Waals surface area contributed by atoms with Crippen LogP contribution in [0.1, 0.15) is 21.5 Å². The number of benzene rings is 3. The molecule has 3 aromatic carbocycles. The number of ether oxygens (including phenoxy) is 1. The Morgan fingerprint density at radius 3 is 2.50 bits per heavy atom. The first-order chi connectivity index (χ1) is 16.6. The number of anilines is 2. The van der Waals surface area contributed by atoms with E-state index in [4.69, 9.17) is 4.74 Å². The van der Waals surface area contributed by atoms with Gasteiger partial charge in [0.2, 0.25) is 0 Å². The maximum Gasteiger partial charge on any atom is 0.271 e. The molecule has 7 heteroatoms. The monoisotopic (exact) mass is 468 g/mol. The minimum atomic E-state index is -0.284. The molecule has 4 rings (SSSR count). The number of aromatic nitrogens is 1. The van der Waals surface area contributed by atoms with Crippen LogP contribution >= 0.6 is 11.3 Å². The number of thiazole rings is 1. The molecular formula is C27H24N4O2S. The summed E-state index contributed by atoms with van der Waals surface area (Å²) in [4.78, 5) is 17.1. The summed E-state index contributed by atoms with van der Waals surface area (Å²) in [5.74, 6) is 0.466. The zero-order valence-corrected chi connectivity index (χ0v) is 19.5. The lowest BCUT2D eigenvalue weighted by Gasteiger charge is -2.03. The highest BCUT2D eigenvalue weighted by Gasteiger charge is 2.08. The number of hydrazone groups is 1. The van der Waals surface area contributed by atoms with E-state index < -0.39 is 0 Å². The van der Waals surface area contributed by atoms with Crippen molar-refractivity contribution >= 4 is 34.3 Å². The third-order valence-corrected chi connectivity index (χ3v) is 5.64. The number of hydrogen-bond donors (Lipinski definition) is 2. The molecular weight excluding hydrogens is 444 g/mol. The molecule has 1 amide bonds. The number of hydrogen-bond acceptors (Lipinski definition) is 6. The second kappa shape index (κ2) is 11.1. The SMILES string of the molecule is C=CCOc1ccc(/C=N\NC(=O)c2ccc(-c3csc(Nc4ccc(C)cc4)n3)cc2)cc1. The molecule has 0 bridgehead atoms. The molecule has 0 fully saturated rings. The average molecular weight is 469 g/mol. The topological polar surface area (TPSA) is 75.6 Å². The van der Waals surface area contributed by atoms with Crippen molar-refractivity contribution in [2.24, 2.45) is 5.10 Å². The van der Waals surface area contributed by atoms with Gasteiger partial charge in [0.15, 0.2) is 5.13 Å². The Labute approximate surface area is 202 Å². The van der Waals surface area contributed by atoms with Crippen LogP contribution in [0.4, 0.5) is 10.8 Å². The molecule has 6 nitrogen and oxygen atoms in total. The van der Waals surface area contributed by atoms with Crippen LogP contribution in [0.25, 0.3) is 11.3 Å². The summed E-state index contributed by atoms with van der Waals surface area (Å²) in [5, 5.41) is 10.2. The van der Waals surface area contributed by atoms with Gasteiger partial charge in [-0.05, 0) is 61.0 Å². The normalized spacial score (nSPS) is 10.7. The summed E-state index contributed by atoms with van der Waals surface area (Å²) in [6.45, 7) is 6.13. The van der Waals surface area contributed by atoms with Gasteiger partial charge in [-0.25, -0.2) is 10.4 Å². The number of carbonyl (C=O) groups excluding carboxylic acids is 1. The van der Waals surface area contributed by atoms with Crippen LogP contribution in [-0.2, 0) is 0 Å². The van der Waals surface area contributed by atoms with Crippen molar-refractivity contribution < 1.29 is 9.53 Å². The highest BCUT2D eigenvalue weighted by atomic mass is 32.1. The van der Waals surface area contributed by atoms with E-state index in [1.54, 1.807) is 24.4 Å². The minimum absolute atomic E-state index is 0.284. The molecule has 0 aliphatic rings. The van der Waals surface area contributed by atoms with Crippen molar-refractivity contribution in [2.45, 2.75) is 6.92 Å². The Hall–Kier alpha value is -4.23. The molecule has 0 saturated heterocycles. The molecule has 2 N–H and O–H groups in total. The van der Waals surface area contributed by atoms with E-state index in [1.165, 1.54) is 16.9 Å².